The van der Waals surface area contributed by atoms with Crippen molar-refractivity contribution in [2.75, 3.05) is 18.4 Å². The van der Waals surface area contributed by atoms with E-state index in [-0.39, 0.29) is 11.8 Å². The smallest absolute Gasteiger partial charge is 0.221 e. The third-order valence-electron chi connectivity index (χ3n) is 4.31. The fraction of sp³-hybridized carbons (Fsp3) is 0.182. The third kappa shape index (κ3) is 5.56. The van der Waals surface area contributed by atoms with Gasteiger partial charge in [-0.3, -0.25) is 9.78 Å². The number of carbonyl (C=O) groups excluding carboxylic acids is 1. The van der Waals surface area contributed by atoms with E-state index in [1.807, 2.05) is 66.7 Å². The number of amides is 1. The van der Waals surface area contributed by atoms with Gasteiger partial charge < -0.3 is 10.6 Å². The number of hydrogen-bond donors (Lipinski definition) is 2. The van der Waals surface area contributed by atoms with E-state index < -0.39 is 0 Å². The van der Waals surface area contributed by atoms with Crippen molar-refractivity contribution in [3.8, 4) is 0 Å². The van der Waals surface area contributed by atoms with E-state index in [0.717, 1.165) is 16.8 Å². The Hall–Kier alpha value is -2.85. The van der Waals surface area contributed by atoms with Gasteiger partial charge in [-0.25, -0.2) is 0 Å². The molecular weight excluding hydrogens is 358 g/mol. The molecule has 0 saturated carbocycles. The van der Waals surface area contributed by atoms with Crippen LogP contribution in [0, 0.1) is 0 Å². The first-order valence-corrected chi connectivity index (χ1v) is 9.32. The summed E-state index contributed by atoms with van der Waals surface area (Å²) in [6.07, 6.45) is 3.83. The summed E-state index contributed by atoms with van der Waals surface area (Å²) >= 11 is 6.40. The maximum Gasteiger partial charge on any atom is 0.221 e. The minimum absolute atomic E-state index is 0.00300. The Labute approximate surface area is 164 Å². The van der Waals surface area contributed by atoms with Gasteiger partial charge in [0.05, 0.1) is 5.69 Å². The summed E-state index contributed by atoms with van der Waals surface area (Å²) in [5.74, 6) is -0.0806. The van der Waals surface area contributed by atoms with Crippen molar-refractivity contribution >= 4 is 23.2 Å². The number of hydrogen-bond acceptors (Lipinski definition) is 3. The number of benzene rings is 2. The van der Waals surface area contributed by atoms with E-state index in [1.165, 1.54) is 0 Å². The van der Waals surface area contributed by atoms with Crippen LogP contribution in [0.3, 0.4) is 0 Å². The van der Waals surface area contributed by atoms with Crippen LogP contribution in [0.2, 0.25) is 5.02 Å². The Morgan fingerprint density at radius 2 is 1.74 bits per heavy atom. The molecule has 1 aromatic heterocycles. The molecule has 1 atom stereocenters. The Morgan fingerprint density at radius 3 is 2.48 bits per heavy atom. The lowest BCUT2D eigenvalue weighted by molar-refractivity contribution is -0.121. The van der Waals surface area contributed by atoms with Crippen LogP contribution >= 0.6 is 11.6 Å². The maximum absolute atomic E-state index is 12.5. The number of pyridine rings is 1. The third-order valence-corrected chi connectivity index (χ3v) is 4.65. The molecule has 0 spiro atoms. The van der Waals surface area contributed by atoms with Crippen LogP contribution in [0.4, 0.5) is 5.69 Å². The van der Waals surface area contributed by atoms with Crippen molar-refractivity contribution < 1.29 is 4.79 Å². The molecule has 3 aromatic rings. The zero-order valence-electron chi connectivity index (χ0n) is 14.9. The highest BCUT2D eigenvalue weighted by atomic mass is 35.5. The highest BCUT2D eigenvalue weighted by Gasteiger charge is 2.20. The SMILES string of the molecule is O=C(C[C@H](c1ccccc1)c1ccccc1Cl)NCCNc1cccnc1. The number of aromatic nitrogens is 1. The predicted octanol–water partition coefficient (Wildman–Crippen LogP) is 4.49. The summed E-state index contributed by atoms with van der Waals surface area (Å²) < 4.78 is 0. The minimum atomic E-state index is -0.0776. The molecule has 0 aliphatic carbocycles. The van der Waals surface area contributed by atoms with Crippen LogP contribution in [0.25, 0.3) is 0 Å². The average molecular weight is 380 g/mol. The predicted molar refractivity (Wildman–Crippen MR) is 110 cm³/mol. The van der Waals surface area contributed by atoms with E-state index in [9.17, 15) is 4.79 Å². The maximum atomic E-state index is 12.5. The molecule has 0 aliphatic heterocycles. The zero-order valence-corrected chi connectivity index (χ0v) is 15.7. The first kappa shape index (κ1) is 18.9. The largest absolute Gasteiger partial charge is 0.382 e. The summed E-state index contributed by atoms with van der Waals surface area (Å²) in [7, 11) is 0. The molecule has 1 heterocycles. The molecule has 4 nitrogen and oxygen atoms in total. The number of anilines is 1. The Kier molecular flexibility index (Phi) is 6.83. The van der Waals surface area contributed by atoms with Gasteiger partial charge in [-0.2, -0.15) is 0 Å². The van der Waals surface area contributed by atoms with E-state index in [4.69, 9.17) is 11.6 Å². The molecule has 27 heavy (non-hydrogen) atoms. The number of nitrogens with zero attached hydrogens (tertiary/aromatic N) is 1. The summed E-state index contributed by atoms with van der Waals surface area (Å²) in [5.41, 5.74) is 2.98. The van der Waals surface area contributed by atoms with E-state index in [1.54, 1.807) is 12.4 Å². The van der Waals surface area contributed by atoms with Gasteiger partial charge in [0.25, 0.3) is 0 Å². The molecular formula is C22H22ClN3O. The molecule has 0 unspecified atom stereocenters. The Balaban J connectivity index is 1.60. The molecule has 2 aromatic carbocycles. The minimum Gasteiger partial charge on any atom is -0.382 e. The number of rotatable bonds is 8. The van der Waals surface area contributed by atoms with Crippen molar-refractivity contribution in [3.63, 3.8) is 0 Å². The highest BCUT2D eigenvalue weighted by molar-refractivity contribution is 6.31. The van der Waals surface area contributed by atoms with Crippen LogP contribution in [-0.4, -0.2) is 24.0 Å². The number of carbonyl (C=O) groups is 1. The second-order valence-electron chi connectivity index (χ2n) is 6.21. The lowest BCUT2D eigenvalue weighted by Gasteiger charge is -2.19. The standard InChI is InChI=1S/C22H22ClN3O/c23-21-11-5-4-10-19(21)20(17-7-2-1-3-8-17)15-22(27)26-14-13-25-18-9-6-12-24-16-18/h1-12,16,20,25H,13-15H2,(H,26,27)/t20-/m1/s1. The molecule has 0 radical (unpaired) electrons. The van der Waals surface area contributed by atoms with E-state index in [2.05, 4.69) is 15.6 Å². The molecule has 3 rings (SSSR count). The van der Waals surface area contributed by atoms with Crippen molar-refractivity contribution in [2.24, 2.45) is 0 Å². The fourth-order valence-corrected chi connectivity index (χ4v) is 3.25. The molecule has 0 fully saturated rings. The fourth-order valence-electron chi connectivity index (χ4n) is 2.98. The molecule has 138 valence electrons. The van der Waals surface area contributed by atoms with E-state index >= 15 is 0 Å². The summed E-state index contributed by atoms with van der Waals surface area (Å²) in [5, 5.41) is 6.88. The highest BCUT2D eigenvalue weighted by Crippen LogP contribution is 2.32. The Bertz CT molecular complexity index is 856. The molecule has 1 amide bonds. The lowest BCUT2D eigenvalue weighted by Crippen LogP contribution is -2.30. The quantitative estimate of drug-likeness (QED) is 0.567. The molecule has 0 saturated heterocycles. The van der Waals surface area contributed by atoms with E-state index in [0.29, 0.717) is 24.5 Å². The van der Waals surface area contributed by atoms with Gasteiger partial charge in [0, 0.05) is 42.8 Å². The molecule has 0 bridgehead atoms. The molecule has 2 N–H and O–H groups in total. The number of nitrogens with one attached hydrogen (secondary N) is 2. The van der Waals surface area contributed by atoms with Crippen LogP contribution in [0.1, 0.15) is 23.5 Å². The second-order valence-corrected chi connectivity index (χ2v) is 6.61. The normalized spacial score (nSPS) is 11.6. The monoisotopic (exact) mass is 379 g/mol. The number of halogens is 1. The van der Waals surface area contributed by atoms with Crippen molar-refractivity contribution in [1.29, 1.82) is 0 Å². The van der Waals surface area contributed by atoms with Gasteiger partial charge in [-0.1, -0.05) is 60.1 Å². The molecule has 5 heteroatoms. The first-order valence-electron chi connectivity index (χ1n) is 8.94. The first-order chi connectivity index (χ1) is 13.2. The lowest BCUT2D eigenvalue weighted by atomic mass is 9.88. The zero-order chi connectivity index (χ0) is 18.9. The second kappa shape index (κ2) is 9.74. The van der Waals surface area contributed by atoms with Crippen LogP contribution in [0.5, 0.6) is 0 Å². The van der Waals surface area contributed by atoms with Gasteiger partial charge >= 0.3 is 0 Å². The van der Waals surface area contributed by atoms with Crippen LogP contribution in [0.15, 0.2) is 79.1 Å². The topological polar surface area (TPSA) is 54.0 Å². The van der Waals surface area contributed by atoms with Gasteiger partial charge in [0.1, 0.15) is 0 Å². The Morgan fingerprint density at radius 1 is 0.963 bits per heavy atom. The van der Waals surface area contributed by atoms with Gasteiger partial charge in [0.2, 0.25) is 5.91 Å². The van der Waals surface area contributed by atoms with Gasteiger partial charge in [0.15, 0.2) is 0 Å². The summed E-state index contributed by atoms with van der Waals surface area (Å²) in [6.45, 7) is 1.18. The van der Waals surface area contributed by atoms with Crippen molar-refractivity contribution in [2.45, 2.75) is 12.3 Å². The van der Waals surface area contributed by atoms with Crippen LogP contribution < -0.4 is 10.6 Å². The summed E-state index contributed by atoms with van der Waals surface area (Å²) in [6, 6.07) is 21.5. The van der Waals surface area contributed by atoms with Gasteiger partial charge in [-0.05, 0) is 29.3 Å². The van der Waals surface area contributed by atoms with Gasteiger partial charge in [-0.15, -0.1) is 0 Å². The van der Waals surface area contributed by atoms with Crippen molar-refractivity contribution in [1.82, 2.24) is 10.3 Å². The summed E-state index contributed by atoms with van der Waals surface area (Å²) in [4.78, 5) is 16.6. The van der Waals surface area contributed by atoms with Crippen molar-refractivity contribution in [3.05, 3.63) is 95.3 Å². The van der Waals surface area contributed by atoms with Crippen LogP contribution in [-0.2, 0) is 4.79 Å². The average Bonchev–Trinajstić information content (AvgIpc) is 2.71. The molecule has 0 aliphatic rings.